The molecular formula is C13H18F3N. The van der Waals surface area contributed by atoms with E-state index in [9.17, 15) is 13.2 Å². The maximum absolute atomic E-state index is 12.6. The van der Waals surface area contributed by atoms with Crippen LogP contribution in [-0.2, 0) is 0 Å². The molecule has 0 aliphatic rings. The minimum absolute atomic E-state index is 0.0362. The summed E-state index contributed by atoms with van der Waals surface area (Å²) in [5.74, 6) is 0. The molecule has 0 aliphatic carbocycles. The Morgan fingerprint density at radius 3 is 1.82 bits per heavy atom. The van der Waals surface area contributed by atoms with Gasteiger partial charge in [-0.05, 0) is 18.9 Å². The summed E-state index contributed by atoms with van der Waals surface area (Å²) in [6.07, 6.45) is -4.39. The van der Waals surface area contributed by atoms with Crippen LogP contribution in [0.15, 0.2) is 35.5 Å². The van der Waals surface area contributed by atoms with E-state index in [0.29, 0.717) is 5.57 Å². The zero-order valence-electron chi connectivity index (χ0n) is 10.7. The Morgan fingerprint density at radius 2 is 1.65 bits per heavy atom. The summed E-state index contributed by atoms with van der Waals surface area (Å²) in [7, 11) is 0. The van der Waals surface area contributed by atoms with Crippen molar-refractivity contribution in [1.82, 2.24) is 0 Å². The summed E-state index contributed by atoms with van der Waals surface area (Å²) >= 11 is 0. The standard InChI is InChI=1S/C11H12F3N.C2H6/c1-5-9(7(2)3)10(8(4)6-15)11(12,13)14;1-2/h2,4-5H2,1,3H3;1-2H3/b10-9+;. The second-order valence-electron chi connectivity index (χ2n) is 3.08. The predicted molar refractivity (Wildman–Crippen MR) is 64.3 cm³/mol. The molecule has 0 spiro atoms. The topological polar surface area (TPSA) is 23.8 Å². The SMILES string of the molecule is C=C(C)/C(CC)=C(\C(=C)C#N)C(F)(F)F.CC. The molecule has 0 fully saturated rings. The molecule has 0 aromatic heterocycles. The number of alkyl halides is 3. The van der Waals surface area contributed by atoms with Gasteiger partial charge in [-0.2, -0.15) is 18.4 Å². The highest BCUT2D eigenvalue weighted by Crippen LogP contribution is 2.35. The van der Waals surface area contributed by atoms with Gasteiger partial charge in [0.15, 0.2) is 0 Å². The predicted octanol–water partition coefficient (Wildman–Crippen LogP) is 4.94. The molecule has 0 saturated heterocycles. The van der Waals surface area contributed by atoms with Gasteiger partial charge in [-0.25, -0.2) is 0 Å². The molecule has 0 bridgehead atoms. The number of nitriles is 1. The van der Waals surface area contributed by atoms with Crippen molar-refractivity contribution in [3.05, 3.63) is 35.5 Å². The normalized spacial score (nSPS) is 11.6. The first-order chi connectivity index (χ1) is 7.75. The van der Waals surface area contributed by atoms with E-state index in [0.717, 1.165) is 0 Å². The molecule has 0 aromatic rings. The van der Waals surface area contributed by atoms with Gasteiger partial charge in [0.25, 0.3) is 0 Å². The summed E-state index contributed by atoms with van der Waals surface area (Å²) in [5.41, 5.74) is -1.18. The fraction of sp³-hybridized carbons (Fsp3) is 0.462. The summed E-state index contributed by atoms with van der Waals surface area (Å²) in [5, 5.41) is 8.48. The van der Waals surface area contributed by atoms with E-state index in [2.05, 4.69) is 13.2 Å². The molecule has 0 rings (SSSR count). The third-order valence-electron chi connectivity index (χ3n) is 1.89. The van der Waals surface area contributed by atoms with E-state index in [1.54, 1.807) is 6.92 Å². The number of hydrogen-bond acceptors (Lipinski definition) is 1. The molecule has 0 unspecified atom stereocenters. The highest BCUT2D eigenvalue weighted by atomic mass is 19.4. The van der Waals surface area contributed by atoms with Crippen molar-refractivity contribution in [1.29, 1.82) is 5.26 Å². The average Bonchev–Trinajstić information content (AvgIpc) is 2.25. The van der Waals surface area contributed by atoms with E-state index in [1.165, 1.54) is 13.0 Å². The van der Waals surface area contributed by atoms with E-state index in [4.69, 9.17) is 5.26 Å². The van der Waals surface area contributed by atoms with Gasteiger partial charge in [-0.1, -0.05) is 39.5 Å². The molecule has 0 N–H and O–H groups in total. The molecule has 0 aromatic carbocycles. The quantitative estimate of drug-likeness (QED) is 0.510. The van der Waals surface area contributed by atoms with Crippen molar-refractivity contribution in [2.24, 2.45) is 0 Å². The molecule has 17 heavy (non-hydrogen) atoms. The van der Waals surface area contributed by atoms with Crippen LogP contribution in [0, 0.1) is 11.3 Å². The second kappa shape index (κ2) is 7.72. The maximum Gasteiger partial charge on any atom is 0.417 e. The van der Waals surface area contributed by atoms with Crippen LogP contribution in [0.3, 0.4) is 0 Å². The number of rotatable bonds is 3. The molecule has 0 aliphatic heterocycles. The first kappa shape index (κ1) is 17.9. The molecule has 1 nitrogen and oxygen atoms in total. The van der Waals surface area contributed by atoms with Crippen molar-refractivity contribution >= 4 is 0 Å². The smallest absolute Gasteiger partial charge is 0.192 e. The molecule has 0 amide bonds. The summed E-state index contributed by atoms with van der Waals surface area (Å²) in [6.45, 7) is 13.6. The van der Waals surface area contributed by atoms with Crippen LogP contribution in [0.1, 0.15) is 34.1 Å². The molecule has 0 radical (unpaired) electrons. The maximum atomic E-state index is 12.6. The zero-order chi connectivity index (χ0) is 14.2. The van der Waals surface area contributed by atoms with Crippen LogP contribution < -0.4 is 0 Å². The number of hydrogen-bond donors (Lipinski definition) is 0. The molecule has 4 heteroatoms. The van der Waals surface area contributed by atoms with Crippen LogP contribution in [-0.4, -0.2) is 6.18 Å². The third kappa shape index (κ3) is 5.39. The van der Waals surface area contributed by atoms with Gasteiger partial charge in [0.1, 0.15) is 0 Å². The lowest BCUT2D eigenvalue weighted by atomic mass is 9.95. The van der Waals surface area contributed by atoms with Crippen LogP contribution in [0.2, 0.25) is 0 Å². The Labute approximate surface area is 101 Å². The number of halogens is 3. The first-order valence-corrected chi connectivity index (χ1v) is 5.31. The van der Waals surface area contributed by atoms with Crippen LogP contribution >= 0.6 is 0 Å². The lowest BCUT2D eigenvalue weighted by molar-refractivity contribution is -0.0896. The van der Waals surface area contributed by atoms with Crippen LogP contribution in [0.25, 0.3) is 0 Å². The molecule has 0 atom stereocenters. The first-order valence-electron chi connectivity index (χ1n) is 5.31. The van der Waals surface area contributed by atoms with E-state index >= 15 is 0 Å². The monoisotopic (exact) mass is 245 g/mol. The van der Waals surface area contributed by atoms with Crippen molar-refractivity contribution in [2.75, 3.05) is 0 Å². The van der Waals surface area contributed by atoms with Crippen molar-refractivity contribution in [2.45, 2.75) is 40.3 Å². The summed E-state index contributed by atoms with van der Waals surface area (Å²) in [6, 6.07) is 1.43. The molecular weight excluding hydrogens is 227 g/mol. The lowest BCUT2D eigenvalue weighted by Crippen LogP contribution is -2.16. The lowest BCUT2D eigenvalue weighted by Gasteiger charge is -2.16. The average molecular weight is 245 g/mol. The number of allylic oxidation sites excluding steroid dienone is 4. The van der Waals surface area contributed by atoms with Crippen LogP contribution in [0.5, 0.6) is 0 Å². The van der Waals surface area contributed by atoms with Gasteiger partial charge in [-0.3, -0.25) is 0 Å². The fourth-order valence-corrected chi connectivity index (χ4v) is 1.27. The minimum Gasteiger partial charge on any atom is -0.192 e. The van der Waals surface area contributed by atoms with Crippen LogP contribution in [0.4, 0.5) is 13.2 Å². The van der Waals surface area contributed by atoms with Gasteiger partial charge in [0.05, 0.1) is 17.2 Å². The van der Waals surface area contributed by atoms with Crippen molar-refractivity contribution < 1.29 is 13.2 Å². The Kier molecular flexibility index (Phi) is 8.12. The minimum atomic E-state index is -4.56. The molecule has 96 valence electrons. The Morgan fingerprint density at radius 1 is 1.24 bits per heavy atom. The second-order valence-corrected chi connectivity index (χ2v) is 3.08. The van der Waals surface area contributed by atoms with E-state index < -0.39 is 17.3 Å². The Balaban J connectivity index is 0. The van der Waals surface area contributed by atoms with Gasteiger partial charge >= 0.3 is 6.18 Å². The van der Waals surface area contributed by atoms with E-state index in [-0.39, 0.29) is 12.0 Å². The largest absolute Gasteiger partial charge is 0.417 e. The van der Waals surface area contributed by atoms with Crippen molar-refractivity contribution in [3.8, 4) is 6.07 Å². The molecule has 0 heterocycles. The van der Waals surface area contributed by atoms with E-state index in [1.807, 2.05) is 13.8 Å². The third-order valence-corrected chi connectivity index (χ3v) is 1.89. The van der Waals surface area contributed by atoms with Crippen molar-refractivity contribution in [3.63, 3.8) is 0 Å². The Hall–Kier alpha value is -1.50. The number of nitrogens with zero attached hydrogens (tertiary/aromatic N) is 1. The summed E-state index contributed by atoms with van der Waals surface area (Å²) in [4.78, 5) is 0. The zero-order valence-corrected chi connectivity index (χ0v) is 10.7. The summed E-state index contributed by atoms with van der Waals surface area (Å²) < 4.78 is 37.9. The molecule has 0 saturated carbocycles. The van der Waals surface area contributed by atoms with Gasteiger partial charge in [-0.15, -0.1) is 0 Å². The van der Waals surface area contributed by atoms with Gasteiger partial charge in [0, 0.05) is 0 Å². The van der Waals surface area contributed by atoms with Gasteiger partial charge in [0.2, 0.25) is 0 Å². The fourth-order valence-electron chi connectivity index (χ4n) is 1.27. The highest BCUT2D eigenvalue weighted by molar-refractivity contribution is 5.50. The van der Waals surface area contributed by atoms with Gasteiger partial charge < -0.3 is 0 Å². The Bertz CT molecular complexity index is 354. The highest BCUT2D eigenvalue weighted by Gasteiger charge is 2.37.